The first-order valence-electron chi connectivity index (χ1n) is 3.26. The van der Waals surface area contributed by atoms with Gasteiger partial charge in [0.2, 0.25) is 0 Å². The third-order valence-corrected chi connectivity index (χ3v) is 2.68. The van der Waals surface area contributed by atoms with Gasteiger partial charge < -0.3 is 0 Å². The molecule has 1 aromatic carbocycles. The maximum atomic E-state index is 2.20. The maximum absolute atomic E-state index is 2.20. The summed E-state index contributed by atoms with van der Waals surface area (Å²) >= 11 is 0.973. The van der Waals surface area contributed by atoms with Gasteiger partial charge in [-0.3, -0.25) is 0 Å². The van der Waals surface area contributed by atoms with E-state index in [4.69, 9.17) is 0 Å². The Balaban J connectivity index is 0.000000810. The molecule has 10 heavy (non-hydrogen) atoms. The van der Waals surface area contributed by atoms with Gasteiger partial charge in [-0.15, -0.1) is 24.0 Å². The van der Waals surface area contributed by atoms with E-state index < -0.39 is 0 Å². The average molecular weight is 434 g/mol. The van der Waals surface area contributed by atoms with Crippen LogP contribution in [0.3, 0.4) is 0 Å². The summed E-state index contributed by atoms with van der Waals surface area (Å²) in [7, 11) is 0. The van der Waals surface area contributed by atoms with E-state index in [-0.39, 0.29) is 24.0 Å². The second-order valence-corrected chi connectivity index (χ2v) is 4.84. The molecule has 0 saturated heterocycles. The van der Waals surface area contributed by atoms with Crippen molar-refractivity contribution in [3.8, 4) is 0 Å². The molecule has 0 fully saturated rings. The van der Waals surface area contributed by atoms with Crippen molar-refractivity contribution in [2.24, 2.45) is 0 Å². The van der Waals surface area contributed by atoms with Gasteiger partial charge >= 0.3 is 72.4 Å². The van der Waals surface area contributed by atoms with E-state index in [2.05, 4.69) is 30.3 Å². The molecule has 1 aromatic rings. The second-order valence-electron chi connectivity index (χ2n) is 2.09. The Morgan fingerprint density at radius 2 is 1.70 bits per heavy atom. The van der Waals surface area contributed by atoms with Gasteiger partial charge in [-0.1, -0.05) is 0 Å². The van der Waals surface area contributed by atoms with Crippen LogP contribution in [0.15, 0.2) is 30.3 Å². The number of halogens is 1. The summed E-state index contributed by atoms with van der Waals surface area (Å²) in [6.07, 6.45) is 1.30. The molecule has 2 heteroatoms. The molecule has 0 atom stereocenters. The van der Waals surface area contributed by atoms with E-state index in [0.717, 1.165) is 26.1 Å². The molecule has 51 valence electrons. The van der Waals surface area contributed by atoms with Crippen LogP contribution in [0.1, 0.15) is 5.56 Å². The van der Waals surface area contributed by atoms with Crippen LogP contribution >= 0.6 is 24.0 Å². The molecule has 0 heterocycles. The molecular weight excluding hydrogens is 424 g/mol. The first-order valence-corrected chi connectivity index (χ1v) is 7.15. The second kappa shape index (κ2) is 6.59. The zero-order valence-corrected chi connectivity index (χ0v) is 13.7. The fraction of sp³-hybridized carbons (Fsp3) is 0.250. The van der Waals surface area contributed by atoms with Crippen molar-refractivity contribution in [1.82, 2.24) is 0 Å². The molecule has 1 rings (SSSR count). The van der Waals surface area contributed by atoms with Gasteiger partial charge in [-0.2, -0.15) is 0 Å². The molecule has 0 nitrogen and oxygen atoms in total. The molecule has 0 aromatic heterocycles. The number of hydrogen-bond donors (Lipinski definition) is 0. The fourth-order valence-corrected chi connectivity index (χ4v) is 2.44. The van der Waals surface area contributed by atoms with Crippen LogP contribution in [-0.2, 0) is 32.5 Å². The molecule has 0 radical (unpaired) electrons. The summed E-state index contributed by atoms with van der Waals surface area (Å²) in [4.78, 5) is 0. The number of benzene rings is 1. The molecular formula is C8H10HgI. The summed E-state index contributed by atoms with van der Waals surface area (Å²) in [5.41, 5.74) is 1.49. The van der Waals surface area contributed by atoms with Crippen molar-refractivity contribution in [2.45, 2.75) is 10.4 Å². The van der Waals surface area contributed by atoms with Crippen molar-refractivity contribution in [2.75, 3.05) is 0 Å². The Labute approximate surface area is 95.4 Å². The van der Waals surface area contributed by atoms with E-state index in [1.165, 1.54) is 15.9 Å². The molecule has 0 aliphatic rings. The van der Waals surface area contributed by atoms with Crippen LogP contribution in [-0.4, -0.2) is 0 Å². The van der Waals surface area contributed by atoms with Crippen molar-refractivity contribution < 1.29 is 26.1 Å². The molecule has 0 aliphatic heterocycles. The predicted molar refractivity (Wildman–Crippen MR) is 50.4 cm³/mol. The summed E-state index contributed by atoms with van der Waals surface area (Å²) in [6, 6.07) is 10.7. The van der Waals surface area contributed by atoms with Gasteiger partial charge in [0.1, 0.15) is 0 Å². The topological polar surface area (TPSA) is 0 Å². The Morgan fingerprint density at radius 3 is 2.20 bits per heavy atom. The van der Waals surface area contributed by atoms with E-state index in [0.29, 0.717) is 0 Å². The van der Waals surface area contributed by atoms with Gasteiger partial charge in [0.25, 0.3) is 0 Å². The number of rotatable bonds is 2. The molecule has 0 N–H and O–H groups in total. The molecule has 0 bridgehead atoms. The van der Waals surface area contributed by atoms with Crippen LogP contribution in [0.2, 0.25) is 3.93 Å². The van der Waals surface area contributed by atoms with Crippen molar-refractivity contribution in [1.29, 1.82) is 0 Å². The Hall–Kier alpha value is 0.885. The summed E-state index contributed by atoms with van der Waals surface area (Å²) in [6.45, 7) is 0. The fourth-order valence-electron chi connectivity index (χ4n) is 0.849. The van der Waals surface area contributed by atoms with Gasteiger partial charge in [-0.05, 0) is 0 Å². The van der Waals surface area contributed by atoms with Gasteiger partial charge in [-0.25, -0.2) is 0 Å². The standard InChI is InChI=1S/C8H9.Hg.HI/c1-2-8-6-4-3-5-7-8;;/h3-7H,1-2H2;;1H. The van der Waals surface area contributed by atoms with Gasteiger partial charge in [0.05, 0.1) is 0 Å². The zero-order chi connectivity index (χ0) is 6.53. The van der Waals surface area contributed by atoms with E-state index >= 15 is 0 Å². The van der Waals surface area contributed by atoms with Crippen molar-refractivity contribution >= 4 is 24.0 Å². The molecule has 0 aliphatic carbocycles. The molecule has 0 unspecified atom stereocenters. The third kappa shape index (κ3) is 3.91. The van der Waals surface area contributed by atoms with Gasteiger partial charge in [0, 0.05) is 0 Å². The zero-order valence-electron chi connectivity index (χ0n) is 5.92. The number of aryl methyl sites for hydroxylation is 1. The minimum absolute atomic E-state index is 0. The Bertz CT molecular complexity index is 162. The summed E-state index contributed by atoms with van der Waals surface area (Å²) in [5, 5.41) is 0. The van der Waals surface area contributed by atoms with E-state index in [1.54, 1.807) is 0 Å². The molecule has 0 amide bonds. The van der Waals surface area contributed by atoms with E-state index in [9.17, 15) is 0 Å². The predicted octanol–water partition coefficient (Wildman–Crippen LogP) is 2.81. The van der Waals surface area contributed by atoms with Crippen LogP contribution in [0, 0.1) is 0 Å². The molecule has 0 spiro atoms. The minimum atomic E-state index is 0. The Kier molecular flexibility index (Phi) is 7.17. The van der Waals surface area contributed by atoms with E-state index in [1.807, 2.05) is 0 Å². The summed E-state index contributed by atoms with van der Waals surface area (Å²) < 4.78 is 1.43. The summed E-state index contributed by atoms with van der Waals surface area (Å²) in [5.74, 6) is 0. The van der Waals surface area contributed by atoms with Crippen LogP contribution in [0.5, 0.6) is 0 Å². The van der Waals surface area contributed by atoms with Crippen LogP contribution in [0.25, 0.3) is 0 Å². The monoisotopic (exact) mass is 435 g/mol. The average Bonchev–Trinajstić information content (AvgIpc) is 1.91. The van der Waals surface area contributed by atoms with Crippen LogP contribution in [0.4, 0.5) is 0 Å². The quantitative estimate of drug-likeness (QED) is 0.497. The van der Waals surface area contributed by atoms with Gasteiger partial charge in [0.15, 0.2) is 0 Å². The normalized spacial score (nSPS) is 8.60. The van der Waals surface area contributed by atoms with Crippen LogP contribution < -0.4 is 0 Å². The Morgan fingerprint density at radius 1 is 1.10 bits per heavy atom. The van der Waals surface area contributed by atoms with Crippen molar-refractivity contribution in [3.05, 3.63) is 35.9 Å². The SMILES string of the molecule is I.[Hg][CH2]Cc1ccccc1. The first kappa shape index (κ1) is 10.9. The molecule has 0 saturated carbocycles. The number of hydrogen-bond acceptors (Lipinski definition) is 0. The van der Waals surface area contributed by atoms with Crippen molar-refractivity contribution in [3.63, 3.8) is 0 Å². The first-order chi connectivity index (χ1) is 4.43. The third-order valence-electron chi connectivity index (χ3n) is 1.31.